The Morgan fingerprint density at radius 2 is 1.89 bits per heavy atom. The Bertz CT molecular complexity index is 1140. The van der Waals surface area contributed by atoms with Crippen molar-refractivity contribution in [1.82, 2.24) is 19.6 Å². The van der Waals surface area contributed by atoms with E-state index in [-0.39, 0.29) is 33.9 Å². The third-order valence-electron chi connectivity index (χ3n) is 5.28. The highest BCUT2D eigenvalue weighted by Gasteiger charge is 2.56. The summed E-state index contributed by atoms with van der Waals surface area (Å²) < 4.78 is 49.0. The molecule has 140 valence electrons. The van der Waals surface area contributed by atoms with Crippen LogP contribution in [0.5, 0.6) is 0 Å². The van der Waals surface area contributed by atoms with Crippen LogP contribution < -0.4 is 5.56 Å². The van der Waals surface area contributed by atoms with E-state index in [2.05, 4.69) is 10.2 Å². The van der Waals surface area contributed by atoms with E-state index in [1.807, 2.05) is 0 Å². The summed E-state index contributed by atoms with van der Waals surface area (Å²) in [5.74, 6) is -2.88. The molecule has 1 aromatic carbocycles. The average molecular weight is 397 g/mol. The number of hydrogen-bond acceptors (Lipinski definition) is 4. The highest BCUT2D eigenvalue weighted by atomic mass is 35.5. The van der Waals surface area contributed by atoms with Gasteiger partial charge in [0.05, 0.1) is 37.4 Å². The van der Waals surface area contributed by atoms with Crippen LogP contribution in [0.2, 0.25) is 5.15 Å². The molecule has 3 aromatic rings. The predicted octanol–water partition coefficient (Wildman–Crippen LogP) is 2.53. The minimum absolute atomic E-state index is 0.00383. The molecule has 27 heavy (non-hydrogen) atoms. The van der Waals surface area contributed by atoms with Gasteiger partial charge in [-0.1, -0.05) is 11.6 Å². The molecule has 0 bridgehead atoms. The van der Waals surface area contributed by atoms with E-state index in [1.165, 1.54) is 10.9 Å². The lowest BCUT2D eigenvalue weighted by atomic mass is 10.2. The largest absolute Gasteiger partial charge is 0.381 e. The second-order valence-electron chi connectivity index (χ2n) is 6.78. The summed E-state index contributed by atoms with van der Waals surface area (Å²) in [6, 6.07) is 1.50. The van der Waals surface area contributed by atoms with Crippen LogP contribution in [-0.4, -0.2) is 32.8 Å². The van der Waals surface area contributed by atoms with Crippen LogP contribution >= 0.6 is 11.6 Å². The number of fused-ring (bicyclic) bond motifs is 2. The fourth-order valence-corrected chi connectivity index (χ4v) is 4.00. The van der Waals surface area contributed by atoms with Crippen LogP contribution in [0.3, 0.4) is 0 Å². The molecule has 3 heterocycles. The summed E-state index contributed by atoms with van der Waals surface area (Å²) >= 11 is 6.22. The van der Waals surface area contributed by atoms with Crippen molar-refractivity contribution >= 4 is 22.5 Å². The second kappa shape index (κ2) is 5.80. The van der Waals surface area contributed by atoms with Crippen LogP contribution in [0.1, 0.15) is 11.6 Å². The first-order valence-corrected chi connectivity index (χ1v) is 8.69. The normalized spacial score (nSPS) is 23.8. The van der Waals surface area contributed by atoms with Crippen molar-refractivity contribution in [3.05, 3.63) is 56.9 Å². The van der Waals surface area contributed by atoms with Crippen molar-refractivity contribution in [3.63, 3.8) is 0 Å². The van der Waals surface area contributed by atoms with Gasteiger partial charge in [-0.3, -0.25) is 4.79 Å². The minimum Gasteiger partial charge on any atom is -0.381 e. The summed E-state index contributed by atoms with van der Waals surface area (Å²) in [4.78, 5) is 12.8. The molecule has 5 rings (SSSR count). The summed E-state index contributed by atoms with van der Waals surface area (Å²) in [6.45, 7) is 0.731. The van der Waals surface area contributed by atoms with Gasteiger partial charge in [0.2, 0.25) is 0 Å². The second-order valence-corrected chi connectivity index (χ2v) is 7.14. The third-order valence-corrected chi connectivity index (χ3v) is 5.68. The molecular weight excluding hydrogens is 385 g/mol. The molecule has 2 aliphatic rings. The quantitative estimate of drug-likeness (QED) is 0.638. The number of aromatic nitrogens is 4. The first kappa shape index (κ1) is 16.8. The Kier molecular flexibility index (Phi) is 3.60. The molecular formula is C17H12ClF3N4O2. The smallest absolute Gasteiger partial charge is 0.295 e. The summed E-state index contributed by atoms with van der Waals surface area (Å²) in [7, 11) is 0. The van der Waals surface area contributed by atoms with Gasteiger partial charge >= 0.3 is 0 Å². The molecule has 6 nitrogen and oxygen atoms in total. The molecule has 1 saturated heterocycles. The van der Waals surface area contributed by atoms with Crippen LogP contribution in [0.4, 0.5) is 13.2 Å². The van der Waals surface area contributed by atoms with Crippen molar-refractivity contribution in [2.24, 2.45) is 11.8 Å². The van der Waals surface area contributed by atoms with Crippen LogP contribution in [0, 0.1) is 29.3 Å². The monoisotopic (exact) mass is 396 g/mol. The molecule has 1 saturated carbocycles. The first-order valence-electron chi connectivity index (χ1n) is 8.31. The van der Waals surface area contributed by atoms with Crippen molar-refractivity contribution in [3.8, 4) is 0 Å². The van der Waals surface area contributed by atoms with Gasteiger partial charge in [-0.2, -0.15) is 10.2 Å². The number of hydrogen-bond donors (Lipinski definition) is 0. The number of halogens is 4. The maximum atomic E-state index is 13.9. The van der Waals surface area contributed by atoms with Gasteiger partial charge < -0.3 is 4.74 Å². The standard InChI is InChI=1S/C17H12ClF3N4O2/c18-16-7-3-22-25(15-9-5-27-6-10(9)15)17(26)14(7)23-24(16)4-8-11(19)1-2-12(20)13(8)21/h1-3,9-10,15H,4-6H2/t9-,10+,15?. The lowest BCUT2D eigenvalue weighted by Crippen LogP contribution is -2.24. The van der Waals surface area contributed by atoms with Gasteiger partial charge in [-0.05, 0) is 12.1 Å². The molecule has 0 radical (unpaired) electrons. The summed E-state index contributed by atoms with van der Waals surface area (Å²) in [6.07, 6.45) is 1.41. The highest BCUT2D eigenvalue weighted by Crippen LogP contribution is 2.53. The predicted molar refractivity (Wildman–Crippen MR) is 89.1 cm³/mol. The third kappa shape index (κ3) is 2.41. The number of ether oxygens (including phenoxy) is 1. The minimum atomic E-state index is -1.31. The SMILES string of the molecule is O=c1c2nn(Cc3c(F)ccc(F)c3F)c(Cl)c2cnn1C1[C@H]2COC[C@@H]12. The fraction of sp³-hybridized carbons (Fsp3) is 0.353. The lowest BCUT2D eigenvalue weighted by Gasteiger charge is -2.06. The first-order chi connectivity index (χ1) is 13.0. The van der Waals surface area contributed by atoms with Gasteiger partial charge in [0, 0.05) is 17.4 Å². The van der Waals surface area contributed by atoms with E-state index in [0.29, 0.717) is 19.3 Å². The molecule has 2 aromatic heterocycles. The van der Waals surface area contributed by atoms with Crippen LogP contribution in [0.15, 0.2) is 23.1 Å². The van der Waals surface area contributed by atoms with Crippen LogP contribution in [0.25, 0.3) is 10.9 Å². The molecule has 0 spiro atoms. The zero-order valence-electron chi connectivity index (χ0n) is 13.7. The molecule has 1 aliphatic heterocycles. The van der Waals surface area contributed by atoms with Crippen molar-refractivity contribution in [2.75, 3.05) is 13.2 Å². The molecule has 0 N–H and O–H groups in total. The molecule has 2 fully saturated rings. The van der Waals surface area contributed by atoms with Crippen LogP contribution in [-0.2, 0) is 11.3 Å². The lowest BCUT2D eigenvalue weighted by molar-refractivity contribution is 0.149. The molecule has 10 heteroatoms. The molecule has 0 amide bonds. The topological polar surface area (TPSA) is 61.9 Å². The van der Waals surface area contributed by atoms with Crippen molar-refractivity contribution in [2.45, 2.75) is 12.6 Å². The Hall–Kier alpha value is -2.39. The van der Waals surface area contributed by atoms with Crippen molar-refractivity contribution < 1.29 is 17.9 Å². The van der Waals surface area contributed by atoms with Gasteiger partial charge in [0.15, 0.2) is 17.2 Å². The highest BCUT2D eigenvalue weighted by molar-refractivity contribution is 6.34. The fourth-order valence-electron chi connectivity index (χ4n) is 3.76. The maximum absolute atomic E-state index is 13.9. The van der Waals surface area contributed by atoms with E-state index < -0.39 is 35.1 Å². The van der Waals surface area contributed by atoms with Gasteiger partial charge in [-0.15, -0.1) is 0 Å². The number of nitrogens with zero attached hydrogens (tertiary/aromatic N) is 4. The Morgan fingerprint density at radius 1 is 1.19 bits per heavy atom. The Morgan fingerprint density at radius 3 is 2.63 bits per heavy atom. The Balaban J connectivity index is 1.57. The van der Waals surface area contributed by atoms with E-state index >= 15 is 0 Å². The van der Waals surface area contributed by atoms with Gasteiger partial charge in [0.1, 0.15) is 11.0 Å². The zero-order valence-corrected chi connectivity index (χ0v) is 14.5. The number of rotatable bonds is 3. The molecule has 1 unspecified atom stereocenters. The molecule has 3 atom stereocenters. The molecule has 1 aliphatic carbocycles. The average Bonchev–Trinajstić information content (AvgIpc) is 2.98. The van der Waals surface area contributed by atoms with E-state index in [0.717, 1.165) is 10.7 Å². The van der Waals surface area contributed by atoms with E-state index in [9.17, 15) is 18.0 Å². The zero-order chi connectivity index (χ0) is 18.9. The van der Waals surface area contributed by atoms with Gasteiger partial charge in [0.25, 0.3) is 5.56 Å². The van der Waals surface area contributed by atoms with E-state index in [4.69, 9.17) is 16.3 Å². The van der Waals surface area contributed by atoms with Crippen molar-refractivity contribution in [1.29, 1.82) is 0 Å². The summed E-state index contributed by atoms with van der Waals surface area (Å²) in [5.41, 5.74) is -0.891. The maximum Gasteiger partial charge on any atom is 0.295 e. The van der Waals surface area contributed by atoms with E-state index in [1.54, 1.807) is 0 Å². The van der Waals surface area contributed by atoms with Gasteiger partial charge in [-0.25, -0.2) is 22.5 Å². The summed E-state index contributed by atoms with van der Waals surface area (Å²) in [5, 5.41) is 8.57. The Labute approximate surface area is 155 Å². The number of benzene rings is 1.